The summed E-state index contributed by atoms with van der Waals surface area (Å²) in [6, 6.07) is 9.27. The third kappa shape index (κ3) is 4.67. The summed E-state index contributed by atoms with van der Waals surface area (Å²) < 4.78 is 28.7. The van der Waals surface area contributed by atoms with Gasteiger partial charge < -0.3 is 15.5 Å². The number of likely N-dealkylation sites (N-methyl/N-ethyl adjacent to an activating group) is 1. The Bertz CT molecular complexity index is 759. The van der Waals surface area contributed by atoms with Crippen LogP contribution in [0.3, 0.4) is 0 Å². The predicted octanol–water partition coefficient (Wildman–Crippen LogP) is -0.0813. The number of piperazine rings is 2. The van der Waals surface area contributed by atoms with E-state index in [1.54, 1.807) is 16.1 Å². The smallest absolute Gasteiger partial charge is 0.282 e. The number of rotatable bonds is 4. The molecule has 2 aliphatic rings. The lowest BCUT2D eigenvalue weighted by atomic mass is 9.91. The summed E-state index contributed by atoms with van der Waals surface area (Å²) in [7, 11) is -1.48. The zero-order valence-electron chi connectivity index (χ0n) is 16.5. The minimum atomic E-state index is -3.47. The molecule has 0 bridgehead atoms. The molecule has 2 N–H and O–H groups in total. The maximum atomic E-state index is 12.9. The Morgan fingerprint density at radius 3 is 1.89 bits per heavy atom. The van der Waals surface area contributed by atoms with Crippen molar-refractivity contribution in [2.45, 2.75) is 12.5 Å². The molecule has 0 aromatic heterocycles. The van der Waals surface area contributed by atoms with E-state index in [1.807, 2.05) is 37.4 Å². The minimum Gasteiger partial charge on any atom is -0.338 e. The molecule has 2 fully saturated rings. The first-order chi connectivity index (χ1) is 12.7. The second kappa shape index (κ2) is 9.06. The first kappa shape index (κ1) is 23.1. The average Bonchev–Trinajstić information content (AvgIpc) is 2.68. The van der Waals surface area contributed by atoms with Gasteiger partial charge in [0.05, 0.1) is 0 Å². The summed E-state index contributed by atoms with van der Waals surface area (Å²) in [6.45, 7) is 5.49. The molecule has 8 nitrogen and oxygen atoms in total. The van der Waals surface area contributed by atoms with Gasteiger partial charge in [0.15, 0.2) is 0 Å². The van der Waals surface area contributed by atoms with Gasteiger partial charge >= 0.3 is 0 Å². The second-order valence-electron chi connectivity index (χ2n) is 7.47. The van der Waals surface area contributed by atoms with E-state index >= 15 is 0 Å². The van der Waals surface area contributed by atoms with E-state index in [9.17, 15) is 13.2 Å². The molecule has 2 aliphatic heterocycles. The molecule has 2 saturated heterocycles. The van der Waals surface area contributed by atoms with Crippen LogP contribution in [0.1, 0.15) is 12.5 Å². The Kier molecular flexibility index (Phi) is 7.46. The number of nitrogens with zero attached hydrogens (tertiary/aromatic N) is 4. The van der Waals surface area contributed by atoms with E-state index in [0.717, 1.165) is 18.7 Å². The van der Waals surface area contributed by atoms with Crippen molar-refractivity contribution in [1.82, 2.24) is 18.4 Å². The summed E-state index contributed by atoms with van der Waals surface area (Å²) in [6.07, 6.45) is 0. The highest BCUT2D eigenvalue weighted by Crippen LogP contribution is 2.22. The van der Waals surface area contributed by atoms with E-state index in [1.165, 1.54) is 4.31 Å². The van der Waals surface area contributed by atoms with Gasteiger partial charge in [-0.25, -0.2) is 0 Å². The molecule has 10 heteroatoms. The van der Waals surface area contributed by atoms with Crippen LogP contribution in [0.25, 0.3) is 0 Å². The Morgan fingerprint density at radius 1 is 0.929 bits per heavy atom. The zero-order chi connectivity index (χ0) is 19.7. The van der Waals surface area contributed by atoms with Crippen molar-refractivity contribution in [3.63, 3.8) is 0 Å². The molecule has 1 amide bonds. The molecule has 158 valence electrons. The molecule has 1 aromatic rings. The quantitative estimate of drug-likeness (QED) is 0.720. The zero-order valence-corrected chi connectivity index (χ0v) is 18.1. The minimum absolute atomic E-state index is 0. The normalized spacial score (nSPS) is 22.3. The van der Waals surface area contributed by atoms with Crippen molar-refractivity contribution < 1.29 is 13.2 Å². The Balaban J connectivity index is 0.00000280. The third-order valence-electron chi connectivity index (χ3n) is 5.46. The molecule has 0 radical (unpaired) electrons. The number of carbonyl (C=O) groups is 1. The average molecular weight is 432 g/mol. The lowest BCUT2D eigenvalue weighted by Crippen LogP contribution is -2.60. The van der Waals surface area contributed by atoms with E-state index in [2.05, 4.69) is 4.90 Å². The Hall–Kier alpha value is -1.23. The van der Waals surface area contributed by atoms with Crippen molar-refractivity contribution in [2.24, 2.45) is 5.73 Å². The molecule has 0 saturated carbocycles. The molecule has 0 spiro atoms. The van der Waals surface area contributed by atoms with Crippen LogP contribution in [0.5, 0.6) is 0 Å². The molecule has 2 heterocycles. The van der Waals surface area contributed by atoms with Gasteiger partial charge in [0, 0.05) is 52.4 Å². The van der Waals surface area contributed by atoms with E-state index < -0.39 is 15.7 Å². The highest BCUT2D eigenvalue weighted by Gasteiger charge is 2.39. The fraction of sp³-hybridized carbons (Fsp3) is 0.611. The lowest BCUT2D eigenvalue weighted by Gasteiger charge is -2.40. The van der Waals surface area contributed by atoms with Gasteiger partial charge in [0.2, 0.25) is 5.91 Å². The topological polar surface area (TPSA) is 90.2 Å². The lowest BCUT2D eigenvalue weighted by molar-refractivity contribution is -0.138. The van der Waals surface area contributed by atoms with E-state index in [0.29, 0.717) is 39.3 Å². The van der Waals surface area contributed by atoms with Crippen LogP contribution >= 0.6 is 12.4 Å². The van der Waals surface area contributed by atoms with Crippen molar-refractivity contribution in [1.29, 1.82) is 0 Å². The number of benzene rings is 1. The van der Waals surface area contributed by atoms with Gasteiger partial charge in [-0.3, -0.25) is 4.79 Å². The van der Waals surface area contributed by atoms with Gasteiger partial charge in [0.1, 0.15) is 5.54 Å². The fourth-order valence-corrected chi connectivity index (χ4v) is 5.12. The molecular weight excluding hydrogens is 402 g/mol. The van der Waals surface area contributed by atoms with Gasteiger partial charge in [-0.1, -0.05) is 30.3 Å². The van der Waals surface area contributed by atoms with Gasteiger partial charge in [-0.15, -0.1) is 12.4 Å². The number of amides is 1. The third-order valence-corrected chi connectivity index (χ3v) is 7.49. The van der Waals surface area contributed by atoms with Crippen molar-refractivity contribution in [2.75, 3.05) is 59.4 Å². The standard InChI is InChI=1S/C18H29N5O3S.ClH/c1-18(19,16-6-4-3-5-7-16)17(24)21-10-14-23(15-11-21)27(25,26)22-12-8-20(2)9-13-22;/h3-7H,8-15,19H2,1-2H3;1H. The van der Waals surface area contributed by atoms with Crippen molar-refractivity contribution in [3.8, 4) is 0 Å². The molecule has 1 atom stereocenters. The first-order valence-corrected chi connectivity index (χ1v) is 10.7. The molecule has 1 aromatic carbocycles. The van der Waals surface area contributed by atoms with Gasteiger partial charge in [-0.05, 0) is 19.5 Å². The number of hydrogen-bond donors (Lipinski definition) is 1. The number of carbonyl (C=O) groups excluding carboxylic acids is 1. The van der Waals surface area contributed by atoms with Crippen LogP contribution in [0.15, 0.2) is 30.3 Å². The second-order valence-corrected chi connectivity index (χ2v) is 9.40. The maximum absolute atomic E-state index is 12.9. The number of hydrogen-bond acceptors (Lipinski definition) is 5. The Labute approximate surface area is 173 Å². The SMILES string of the molecule is CN1CCN(S(=O)(=O)N2CCN(C(=O)C(C)(N)c3ccccc3)CC2)CC1.Cl. The molecule has 28 heavy (non-hydrogen) atoms. The van der Waals surface area contributed by atoms with Gasteiger partial charge in [-0.2, -0.15) is 17.0 Å². The summed E-state index contributed by atoms with van der Waals surface area (Å²) in [5.74, 6) is -0.176. The largest absolute Gasteiger partial charge is 0.338 e. The van der Waals surface area contributed by atoms with Crippen LogP contribution in [0.4, 0.5) is 0 Å². The van der Waals surface area contributed by atoms with Crippen LogP contribution in [0, 0.1) is 0 Å². The van der Waals surface area contributed by atoms with Gasteiger partial charge in [0.25, 0.3) is 10.2 Å². The monoisotopic (exact) mass is 431 g/mol. The Morgan fingerprint density at radius 2 is 1.39 bits per heavy atom. The number of halogens is 1. The first-order valence-electron chi connectivity index (χ1n) is 9.30. The summed E-state index contributed by atoms with van der Waals surface area (Å²) >= 11 is 0. The number of nitrogens with two attached hydrogens (primary N) is 1. The molecule has 0 aliphatic carbocycles. The van der Waals surface area contributed by atoms with Crippen LogP contribution in [-0.2, 0) is 20.5 Å². The van der Waals surface area contributed by atoms with Crippen LogP contribution in [-0.4, -0.2) is 92.1 Å². The molecule has 1 unspecified atom stereocenters. The summed E-state index contributed by atoms with van der Waals surface area (Å²) in [5.41, 5.74) is 5.95. The summed E-state index contributed by atoms with van der Waals surface area (Å²) in [4.78, 5) is 16.7. The highest BCUT2D eigenvalue weighted by molar-refractivity contribution is 7.86. The van der Waals surface area contributed by atoms with Crippen molar-refractivity contribution in [3.05, 3.63) is 35.9 Å². The van der Waals surface area contributed by atoms with Crippen LogP contribution < -0.4 is 5.73 Å². The van der Waals surface area contributed by atoms with Crippen molar-refractivity contribution >= 4 is 28.5 Å². The van der Waals surface area contributed by atoms with E-state index in [4.69, 9.17) is 5.73 Å². The van der Waals surface area contributed by atoms with Crippen LogP contribution in [0.2, 0.25) is 0 Å². The summed E-state index contributed by atoms with van der Waals surface area (Å²) in [5, 5.41) is 0. The molecule has 3 rings (SSSR count). The highest BCUT2D eigenvalue weighted by atomic mass is 35.5. The predicted molar refractivity (Wildman–Crippen MR) is 111 cm³/mol. The fourth-order valence-electron chi connectivity index (χ4n) is 3.54. The maximum Gasteiger partial charge on any atom is 0.282 e. The molecular formula is C18H30ClN5O3S. The van der Waals surface area contributed by atoms with E-state index in [-0.39, 0.29) is 18.3 Å².